The fraction of sp³-hybridized carbons (Fsp3) is 0.625. The number of anilines is 1. The molecule has 6 heteroatoms. The molecule has 0 atom stereocenters. The predicted molar refractivity (Wildman–Crippen MR) is 87.4 cm³/mol. The molecule has 0 fully saturated rings. The topological polar surface area (TPSA) is 72.2 Å². The van der Waals surface area contributed by atoms with E-state index in [4.69, 9.17) is 29.4 Å². The van der Waals surface area contributed by atoms with Gasteiger partial charge in [0.1, 0.15) is 12.4 Å². The van der Waals surface area contributed by atoms with E-state index in [1.807, 2.05) is 12.1 Å². The van der Waals surface area contributed by atoms with E-state index in [2.05, 4.69) is 0 Å². The Labute approximate surface area is 133 Å². The van der Waals surface area contributed by atoms with Gasteiger partial charge in [0.05, 0.1) is 46.2 Å². The van der Waals surface area contributed by atoms with Crippen LogP contribution in [0.5, 0.6) is 5.75 Å². The average Bonchev–Trinajstić information content (AvgIpc) is 2.50. The van der Waals surface area contributed by atoms with Crippen LogP contribution in [-0.4, -0.2) is 60.0 Å². The van der Waals surface area contributed by atoms with E-state index in [0.717, 1.165) is 11.4 Å². The number of hydrogen-bond acceptors (Lipinski definition) is 6. The molecule has 0 unspecified atom stereocenters. The maximum atomic E-state index is 5.59. The molecule has 2 N–H and O–H groups in total. The first kappa shape index (κ1) is 20.7. The van der Waals surface area contributed by atoms with Crippen molar-refractivity contribution in [3.05, 3.63) is 24.3 Å². The summed E-state index contributed by atoms with van der Waals surface area (Å²) in [5, 5.41) is 0. The number of methoxy groups -OCH3 is 1. The second-order valence-corrected chi connectivity index (χ2v) is 4.25. The maximum absolute atomic E-state index is 5.59. The van der Waals surface area contributed by atoms with Crippen LogP contribution in [0.4, 0.5) is 5.69 Å². The first-order valence-electron chi connectivity index (χ1n) is 7.03. The third kappa shape index (κ3) is 11.3. The maximum Gasteiger partial charge on any atom is 0.119 e. The fourth-order valence-electron chi connectivity index (χ4n) is 1.47. The minimum atomic E-state index is 0. The lowest BCUT2D eigenvalue weighted by molar-refractivity contribution is 0.000164. The van der Waals surface area contributed by atoms with Gasteiger partial charge in [-0.15, -0.1) is 0 Å². The molecule has 22 heavy (non-hydrogen) atoms. The average molecular weight is 315 g/mol. The van der Waals surface area contributed by atoms with Crippen molar-refractivity contribution < 1.29 is 23.7 Å². The standard InChI is InChI=1S/C15H25NO5.CH4/c1-17-6-7-18-8-9-19-10-11-20-12-13-21-15-4-2-14(16)3-5-15;/h2-5H,6-13,16H2,1H3;1H4. The minimum absolute atomic E-state index is 0. The molecule has 0 heterocycles. The minimum Gasteiger partial charge on any atom is -0.491 e. The molecule has 0 bridgehead atoms. The van der Waals surface area contributed by atoms with Crippen LogP contribution in [-0.2, 0) is 18.9 Å². The highest BCUT2D eigenvalue weighted by molar-refractivity contribution is 5.41. The van der Waals surface area contributed by atoms with E-state index < -0.39 is 0 Å². The molecule has 0 amide bonds. The summed E-state index contributed by atoms with van der Waals surface area (Å²) >= 11 is 0. The number of ether oxygens (including phenoxy) is 5. The van der Waals surface area contributed by atoms with Gasteiger partial charge in [0.25, 0.3) is 0 Å². The first-order chi connectivity index (χ1) is 10.3. The number of nitrogen functional groups attached to an aromatic ring is 1. The number of hydrogen-bond donors (Lipinski definition) is 1. The third-order valence-corrected chi connectivity index (χ3v) is 2.55. The Bertz CT molecular complexity index is 345. The highest BCUT2D eigenvalue weighted by Crippen LogP contribution is 2.12. The smallest absolute Gasteiger partial charge is 0.119 e. The summed E-state index contributed by atoms with van der Waals surface area (Å²) in [6.07, 6.45) is 0. The van der Waals surface area contributed by atoms with Crippen molar-refractivity contribution >= 4 is 5.69 Å². The Balaban J connectivity index is 0.00000441. The normalized spacial score (nSPS) is 10.2. The largest absolute Gasteiger partial charge is 0.491 e. The summed E-state index contributed by atoms with van der Waals surface area (Å²) in [7, 11) is 1.65. The summed E-state index contributed by atoms with van der Waals surface area (Å²) in [6, 6.07) is 7.28. The third-order valence-electron chi connectivity index (χ3n) is 2.55. The quantitative estimate of drug-likeness (QED) is 0.443. The lowest BCUT2D eigenvalue weighted by atomic mass is 10.3. The molecule has 1 aromatic carbocycles. The Morgan fingerprint density at radius 1 is 0.727 bits per heavy atom. The van der Waals surface area contributed by atoms with Crippen LogP contribution in [0.15, 0.2) is 24.3 Å². The molecular weight excluding hydrogens is 286 g/mol. The Morgan fingerprint density at radius 3 is 1.68 bits per heavy atom. The monoisotopic (exact) mass is 315 g/mol. The summed E-state index contributed by atoms with van der Waals surface area (Å²) in [4.78, 5) is 0. The van der Waals surface area contributed by atoms with Crippen molar-refractivity contribution in [2.75, 3.05) is 65.7 Å². The highest BCUT2D eigenvalue weighted by atomic mass is 16.6. The van der Waals surface area contributed by atoms with E-state index in [0.29, 0.717) is 52.9 Å². The van der Waals surface area contributed by atoms with Crippen molar-refractivity contribution in [1.29, 1.82) is 0 Å². The Morgan fingerprint density at radius 2 is 1.18 bits per heavy atom. The van der Waals surface area contributed by atoms with Gasteiger partial charge in [-0.05, 0) is 24.3 Å². The van der Waals surface area contributed by atoms with Crippen LogP contribution in [0.2, 0.25) is 0 Å². The van der Waals surface area contributed by atoms with Gasteiger partial charge in [-0.3, -0.25) is 0 Å². The SMILES string of the molecule is C.COCCOCCOCCOCCOc1ccc(N)cc1. The molecule has 1 rings (SSSR count). The number of nitrogens with two attached hydrogens (primary N) is 1. The molecule has 0 aliphatic rings. The molecule has 0 saturated heterocycles. The van der Waals surface area contributed by atoms with Crippen LogP contribution in [0.1, 0.15) is 7.43 Å². The molecule has 0 aliphatic heterocycles. The van der Waals surface area contributed by atoms with Crippen LogP contribution in [0.3, 0.4) is 0 Å². The Hall–Kier alpha value is -1.34. The molecular formula is C16H29NO5. The highest BCUT2D eigenvalue weighted by Gasteiger charge is 1.94. The van der Waals surface area contributed by atoms with Crippen LogP contribution >= 0.6 is 0 Å². The molecule has 128 valence electrons. The van der Waals surface area contributed by atoms with Crippen molar-refractivity contribution in [2.24, 2.45) is 0 Å². The van der Waals surface area contributed by atoms with Crippen LogP contribution in [0.25, 0.3) is 0 Å². The molecule has 0 aliphatic carbocycles. The number of rotatable bonds is 13. The number of benzene rings is 1. The fourth-order valence-corrected chi connectivity index (χ4v) is 1.47. The van der Waals surface area contributed by atoms with Gasteiger partial charge in [-0.2, -0.15) is 0 Å². The Kier molecular flexibility index (Phi) is 13.7. The second-order valence-electron chi connectivity index (χ2n) is 4.25. The van der Waals surface area contributed by atoms with Crippen molar-refractivity contribution in [3.63, 3.8) is 0 Å². The van der Waals surface area contributed by atoms with Gasteiger partial charge in [0, 0.05) is 12.8 Å². The van der Waals surface area contributed by atoms with E-state index in [-0.39, 0.29) is 7.43 Å². The van der Waals surface area contributed by atoms with Gasteiger partial charge < -0.3 is 29.4 Å². The lowest BCUT2D eigenvalue weighted by Crippen LogP contribution is -2.13. The van der Waals surface area contributed by atoms with Gasteiger partial charge in [0.15, 0.2) is 0 Å². The van der Waals surface area contributed by atoms with Gasteiger partial charge in [-0.1, -0.05) is 7.43 Å². The van der Waals surface area contributed by atoms with Gasteiger partial charge >= 0.3 is 0 Å². The molecule has 1 aromatic rings. The molecule has 6 nitrogen and oxygen atoms in total. The van der Waals surface area contributed by atoms with Crippen LogP contribution < -0.4 is 10.5 Å². The molecule has 0 aromatic heterocycles. The zero-order valence-electron chi connectivity index (χ0n) is 12.6. The predicted octanol–water partition coefficient (Wildman–Crippen LogP) is 1.98. The summed E-state index contributed by atoms with van der Waals surface area (Å²) in [6.45, 7) is 4.47. The van der Waals surface area contributed by atoms with Crippen LogP contribution in [0, 0.1) is 0 Å². The molecule has 0 radical (unpaired) electrons. The first-order valence-corrected chi connectivity index (χ1v) is 7.03. The van der Waals surface area contributed by atoms with E-state index in [9.17, 15) is 0 Å². The van der Waals surface area contributed by atoms with Gasteiger partial charge in [0.2, 0.25) is 0 Å². The zero-order chi connectivity index (χ0) is 15.2. The molecule has 0 saturated carbocycles. The zero-order valence-corrected chi connectivity index (χ0v) is 12.6. The van der Waals surface area contributed by atoms with E-state index in [1.54, 1.807) is 19.2 Å². The summed E-state index contributed by atoms with van der Waals surface area (Å²) < 4.78 is 26.3. The summed E-state index contributed by atoms with van der Waals surface area (Å²) in [5.74, 6) is 0.789. The van der Waals surface area contributed by atoms with Crippen molar-refractivity contribution in [3.8, 4) is 5.75 Å². The lowest BCUT2D eigenvalue weighted by Gasteiger charge is -2.08. The van der Waals surface area contributed by atoms with Gasteiger partial charge in [-0.25, -0.2) is 0 Å². The second kappa shape index (κ2) is 14.6. The molecule has 0 spiro atoms. The van der Waals surface area contributed by atoms with E-state index >= 15 is 0 Å². The van der Waals surface area contributed by atoms with E-state index in [1.165, 1.54) is 0 Å². The summed E-state index contributed by atoms with van der Waals surface area (Å²) in [5.41, 5.74) is 6.31. The van der Waals surface area contributed by atoms with Crippen molar-refractivity contribution in [1.82, 2.24) is 0 Å². The van der Waals surface area contributed by atoms with Crippen molar-refractivity contribution in [2.45, 2.75) is 7.43 Å².